The van der Waals surface area contributed by atoms with Gasteiger partial charge in [0.1, 0.15) is 0 Å². The van der Waals surface area contributed by atoms with Crippen molar-refractivity contribution in [2.45, 2.75) is 26.8 Å². The summed E-state index contributed by atoms with van der Waals surface area (Å²) in [6, 6.07) is 14.3. The molecule has 3 heteroatoms. The Morgan fingerprint density at radius 1 is 1.05 bits per heavy atom. The van der Waals surface area contributed by atoms with Crippen LogP contribution < -0.4 is 10.6 Å². The van der Waals surface area contributed by atoms with Crippen LogP contribution in [0.15, 0.2) is 42.5 Å². The molecule has 0 radical (unpaired) electrons. The molecule has 0 fully saturated rings. The number of amides is 1. The average Bonchev–Trinajstić information content (AvgIpc) is 2.53. The molecule has 0 unspecified atom stereocenters. The van der Waals surface area contributed by atoms with Crippen molar-refractivity contribution in [3.8, 4) is 0 Å². The van der Waals surface area contributed by atoms with Crippen LogP contribution in [0.1, 0.15) is 34.0 Å². The first kappa shape index (κ1) is 15.1. The summed E-state index contributed by atoms with van der Waals surface area (Å²) in [6.45, 7) is 4.95. The number of hydrogen-bond acceptors (Lipinski definition) is 2. The van der Waals surface area contributed by atoms with E-state index in [0.717, 1.165) is 24.2 Å². The quantitative estimate of drug-likeness (QED) is 0.881. The van der Waals surface area contributed by atoms with Crippen molar-refractivity contribution in [2.24, 2.45) is 0 Å². The van der Waals surface area contributed by atoms with Crippen molar-refractivity contribution in [2.75, 3.05) is 12.4 Å². The molecule has 2 aromatic rings. The maximum absolute atomic E-state index is 11.6. The van der Waals surface area contributed by atoms with E-state index in [0.29, 0.717) is 5.56 Å². The molecular weight excluding hydrogens is 260 g/mol. The number of nitrogens with one attached hydrogen (secondary N) is 2. The van der Waals surface area contributed by atoms with Gasteiger partial charge in [-0.2, -0.15) is 0 Å². The first-order valence-corrected chi connectivity index (χ1v) is 7.28. The second kappa shape index (κ2) is 6.93. The molecule has 2 aromatic carbocycles. The Labute approximate surface area is 126 Å². The monoisotopic (exact) mass is 282 g/mol. The van der Waals surface area contributed by atoms with Gasteiger partial charge in [0.25, 0.3) is 5.91 Å². The molecule has 0 aliphatic heterocycles. The van der Waals surface area contributed by atoms with Crippen LogP contribution in [0.25, 0.3) is 0 Å². The van der Waals surface area contributed by atoms with Crippen LogP contribution in [0.2, 0.25) is 0 Å². The van der Waals surface area contributed by atoms with E-state index in [9.17, 15) is 4.79 Å². The van der Waals surface area contributed by atoms with Gasteiger partial charge in [0.2, 0.25) is 0 Å². The minimum atomic E-state index is -0.0557. The molecule has 2 N–H and O–H groups in total. The number of hydrogen-bond donors (Lipinski definition) is 2. The molecule has 110 valence electrons. The molecule has 0 aliphatic carbocycles. The largest absolute Gasteiger partial charge is 0.381 e. The lowest BCUT2D eigenvalue weighted by Crippen LogP contribution is -2.17. The second-order valence-corrected chi connectivity index (χ2v) is 5.13. The third-order valence-corrected chi connectivity index (χ3v) is 3.63. The molecule has 21 heavy (non-hydrogen) atoms. The summed E-state index contributed by atoms with van der Waals surface area (Å²) in [6.07, 6.45) is 1.06. The Balaban J connectivity index is 2.04. The van der Waals surface area contributed by atoms with Crippen molar-refractivity contribution >= 4 is 11.6 Å². The van der Waals surface area contributed by atoms with E-state index in [2.05, 4.69) is 41.8 Å². The topological polar surface area (TPSA) is 41.1 Å². The van der Waals surface area contributed by atoms with Crippen LogP contribution in [-0.4, -0.2) is 13.0 Å². The Kier molecular flexibility index (Phi) is 4.99. The van der Waals surface area contributed by atoms with Crippen LogP contribution in [0.4, 0.5) is 5.69 Å². The molecule has 3 nitrogen and oxygen atoms in total. The van der Waals surface area contributed by atoms with Crippen molar-refractivity contribution < 1.29 is 4.79 Å². The summed E-state index contributed by atoms with van der Waals surface area (Å²) in [5, 5.41) is 6.06. The van der Waals surface area contributed by atoms with Gasteiger partial charge in [-0.25, -0.2) is 0 Å². The summed E-state index contributed by atoms with van der Waals surface area (Å²) in [5.41, 5.74) is 5.42. The van der Waals surface area contributed by atoms with Crippen LogP contribution in [0.5, 0.6) is 0 Å². The van der Waals surface area contributed by atoms with E-state index in [1.54, 1.807) is 7.05 Å². The second-order valence-electron chi connectivity index (χ2n) is 5.13. The van der Waals surface area contributed by atoms with Crippen molar-refractivity contribution in [1.82, 2.24) is 5.32 Å². The minimum Gasteiger partial charge on any atom is -0.381 e. The number of aryl methyl sites for hydroxylation is 2. The fourth-order valence-electron chi connectivity index (χ4n) is 2.24. The maximum atomic E-state index is 11.6. The Bertz CT molecular complexity index is 618. The molecule has 0 atom stereocenters. The highest BCUT2D eigenvalue weighted by molar-refractivity contribution is 5.94. The van der Waals surface area contributed by atoms with Gasteiger partial charge in [-0.3, -0.25) is 4.79 Å². The fraction of sp³-hybridized carbons (Fsp3) is 0.278. The zero-order chi connectivity index (χ0) is 15.2. The summed E-state index contributed by atoms with van der Waals surface area (Å²) in [7, 11) is 1.64. The zero-order valence-corrected chi connectivity index (χ0v) is 12.9. The SMILES string of the molecule is CCc1ccc(CNc2ccc(C(=O)NC)cc2C)cc1. The highest BCUT2D eigenvalue weighted by atomic mass is 16.1. The van der Waals surface area contributed by atoms with Crippen molar-refractivity contribution in [3.05, 3.63) is 64.7 Å². The van der Waals surface area contributed by atoms with Crippen LogP contribution in [-0.2, 0) is 13.0 Å². The van der Waals surface area contributed by atoms with Crippen LogP contribution in [0, 0.1) is 6.92 Å². The fourth-order valence-corrected chi connectivity index (χ4v) is 2.24. The predicted molar refractivity (Wildman–Crippen MR) is 87.7 cm³/mol. The Morgan fingerprint density at radius 2 is 1.71 bits per heavy atom. The summed E-state index contributed by atoms with van der Waals surface area (Å²) < 4.78 is 0. The van der Waals surface area contributed by atoms with E-state index in [4.69, 9.17) is 0 Å². The predicted octanol–water partition coefficient (Wildman–Crippen LogP) is 3.53. The van der Waals surface area contributed by atoms with Gasteiger partial charge in [-0.05, 0) is 48.2 Å². The molecule has 0 spiro atoms. The molecule has 0 saturated carbocycles. The highest BCUT2D eigenvalue weighted by Crippen LogP contribution is 2.18. The molecule has 2 rings (SSSR count). The Hall–Kier alpha value is -2.29. The first-order chi connectivity index (χ1) is 10.1. The molecular formula is C18H22N2O. The lowest BCUT2D eigenvalue weighted by atomic mass is 10.1. The number of carbonyl (C=O) groups excluding carboxylic acids is 1. The van der Waals surface area contributed by atoms with E-state index >= 15 is 0 Å². The number of rotatable bonds is 5. The molecule has 0 aliphatic rings. The number of carbonyl (C=O) groups is 1. The standard InChI is InChI=1S/C18H22N2O/c1-4-14-5-7-15(8-6-14)12-20-17-10-9-16(11-13(17)2)18(21)19-3/h5-11,20H,4,12H2,1-3H3,(H,19,21). The third-order valence-electron chi connectivity index (χ3n) is 3.63. The maximum Gasteiger partial charge on any atom is 0.251 e. The van der Waals surface area contributed by atoms with E-state index in [1.807, 2.05) is 25.1 Å². The van der Waals surface area contributed by atoms with Crippen molar-refractivity contribution in [1.29, 1.82) is 0 Å². The Morgan fingerprint density at radius 3 is 2.29 bits per heavy atom. The minimum absolute atomic E-state index is 0.0557. The van der Waals surface area contributed by atoms with Crippen molar-refractivity contribution in [3.63, 3.8) is 0 Å². The van der Waals surface area contributed by atoms with E-state index in [1.165, 1.54) is 11.1 Å². The first-order valence-electron chi connectivity index (χ1n) is 7.28. The smallest absolute Gasteiger partial charge is 0.251 e. The van der Waals surface area contributed by atoms with Gasteiger partial charge in [0.15, 0.2) is 0 Å². The molecule has 0 bridgehead atoms. The highest BCUT2D eigenvalue weighted by Gasteiger charge is 2.05. The number of benzene rings is 2. The molecule has 1 amide bonds. The van der Waals surface area contributed by atoms with Gasteiger partial charge in [-0.15, -0.1) is 0 Å². The van der Waals surface area contributed by atoms with Crippen LogP contribution >= 0.6 is 0 Å². The summed E-state index contributed by atoms with van der Waals surface area (Å²) in [5.74, 6) is -0.0557. The van der Waals surface area contributed by atoms with E-state index < -0.39 is 0 Å². The van der Waals surface area contributed by atoms with E-state index in [-0.39, 0.29) is 5.91 Å². The van der Waals surface area contributed by atoms with Gasteiger partial charge in [-0.1, -0.05) is 31.2 Å². The van der Waals surface area contributed by atoms with Crippen LogP contribution in [0.3, 0.4) is 0 Å². The van der Waals surface area contributed by atoms with Gasteiger partial charge >= 0.3 is 0 Å². The van der Waals surface area contributed by atoms with Gasteiger partial charge in [0.05, 0.1) is 0 Å². The lowest BCUT2D eigenvalue weighted by Gasteiger charge is -2.11. The summed E-state index contributed by atoms with van der Waals surface area (Å²) >= 11 is 0. The number of anilines is 1. The lowest BCUT2D eigenvalue weighted by molar-refractivity contribution is 0.0963. The van der Waals surface area contributed by atoms with Gasteiger partial charge < -0.3 is 10.6 Å². The zero-order valence-electron chi connectivity index (χ0n) is 12.9. The average molecular weight is 282 g/mol. The third kappa shape index (κ3) is 3.85. The summed E-state index contributed by atoms with van der Waals surface area (Å²) in [4.78, 5) is 11.6. The van der Waals surface area contributed by atoms with Gasteiger partial charge in [0, 0.05) is 24.8 Å². The molecule has 0 aromatic heterocycles. The molecule has 0 saturated heterocycles. The normalized spacial score (nSPS) is 10.2. The molecule has 0 heterocycles.